The number of nitrogens with one attached hydrogen (secondary N) is 1. The summed E-state index contributed by atoms with van der Waals surface area (Å²) in [6, 6.07) is 2.11. The van der Waals surface area contributed by atoms with Crippen molar-refractivity contribution < 1.29 is 9.53 Å². The molecule has 0 saturated carbocycles. The molecule has 0 aromatic carbocycles. The third kappa shape index (κ3) is 5.18. The van der Waals surface area contributed by atoms with Gasteiger partial charge in [-0.2, -0.15) is 5.10 Å². The van der Waals surface area contributed by atoms with Crippen molar-refractivity contribution >= 4 is 11.7 Å². The molecule has 3 rings (SSSR count). The summed E-state index contributed by atoms with van der Waals surface area (Å²) in [5, 5.41) is 7.60. The summed E-state index contributed by atoms with van der Waals surface area (Å²) in [6.07, 6.45) is 7.84. The largest absolute Gasteiger partial charge is 0.478 e. The first-order valence-electron chi connectivity index (χ1n) is 9.53. The van der Waals surface area contributed by atoms with E-state index in [2.05, 4.69) is 20.4 Å². The van der Waals surface area contributed by atoms with E-state index in [0.29, 0.717) is 18.5 Å². The lowest BCUT2D eigenvalue weighted by Gasteiger charge is -2.34. The number of ether oxygens (including phenoxy) is 1. The number of carbonyl (C=O) groups is 1. The Bertz CT molecular complexity index is 754. The smallest absolute Gasteiger partial charge is 0.225 e. The van der Waals surface area contributed by atoms with Crippen LogP contribution in [0.5, 0.6) is 5.88 Å². The molecule has 146 valence electrons. The fraction of sp³-hybridized carbons (Fsp3) is 0.579. The number of nitrogens with zero attached hydrogens (tertiary/aromatic N) is 5. The van der Waals surface area contributed by atoms with Gasteiger partial charge in [0, 0.05) is 44.4 Å². The van der Waals surface area contributed by atoms with Crippen molar-refractivity contribution in [2.24, 2.45) is 13.0 Å². The zero-order valence-corrected chi connectivity index (χ0v) is 16.3. The summed E-state index contributed by atoms with van der Waals surface area (Å²) < 4.78 is 7.18. The van der Waals surface area contributed by atoms with Crippen LogP contribution >= 0.6 is 0 Å². The van der Waals surface area contributed by atoms with Gasteiger partial charge in [0.15, 0.2) is 0 Å². The summed E-state index contributed by atoms with van der Waals surface area (Å²) in [4.78, 5) is 23.0. The van der Waals surface area contributed by atoms with E-state index in [1.54, 1.807) is 4.68 Å². The quantitative estimate of drug-likeness (QED) is 0.799. The van der Waals surface area contributed by atoms with Crippen LogP contribution in [0.25, 0.3) is 0 Å². The van der Waals surface area contributed by atoms with Gasteiger partial charge >= 0.3 is 0 Å². The number of aryl methyl sites for hydroxylation is 1. The number of likely N-dealkylation sites (tertiary alicyclic amines) is 1. The molecule has 1 N–H and O–H groups in total. The molecule has 1 aliphatic heterocycles. The Morgan fingerprint density at radius 1 is 1.37 bits per heavy atom. The van der Waals surface area contributed by atoms with Gasteiger partial charge in [0.05, 0.1) is 12.8 Å². The Hall–Kier alpha value is -2.64. The minimum absolute atomic E-state index is 0.0330. The summed E-state index contributed by atoms with van der Waals surface area (Å²) >= 11 is 0. The average molecular weight is 372 g/mol. The Morgan fingerprint density at radius 3 is 2.81 bits per heavy atom. The number of hydrogen-bond donors (Lipinski definition) is 1. The fourth-order valence-corrected chi connectivity index (χ4v) is 3.43. The van der Waals surface area contributed by atoms with Gasteiger partial charge in [0.2, 0.25) is 11.8 Å². The third-order valence-corrected chi connectivity index (χ3v) is 4.81. The molecule has 0 aliphatic carbocycles. The van der Waals surface area contributed by atoms with E-state index in [9.17, 15) is 4.79 Å². The topological polar surface area (TPSA) is 85.2 Å². The molecule has 0 radical (unpaired) electrons. The van der Waals surface area contributed by atoms with E-state index in [1.165, 1.54) is 6.33 Å². The summed E-state index contributed by atoms with van der Waals surface area (Å²) in [5.74, 6) is 1.53. The second kappa shape index (κ2) is 8.83. The van der Waals surface area contributed by atoms with Crippen molar-refractivity contribution in [3.05, 3.63) is 30.4 Å². The Morgan fingerprint density at radius 2 is 2.15 bits per heavy atom. The van der Waals surface area contributed by atoms with Gasteiger partial charge in [-0.25, -0.2) is 9.97 Å². The molecule has 8 heteroatoms. The van der Waals surface area contributed by atoms with Gasteiger partial charge in [-0.05, 0) is 31.7 Å². The number of anilines is 1. The minimum Gasteiger partial charge on any atom is -0.478 e. The Labute approximate surface area is 159 Å². The number of aromatic nitrogens is 4. The SMILES string of the molecule is CCOc1cc(NC2CCN(C(=O)C(C)Cc3cnn(C)c3)CC2)ncn1. The van der Waals surface area contributed by atoms with Crippen LogP contribution in [0, 0.1) is 5.92 Å². The minimum atomic E-state index is -0.0330. The number of carbonyl (C=O) groups excluding carboxylic acids is 1. The zero-order valence-electron chi connectivity index (χ0n) is 16.3. The monoisotopic (exact) mass is 372 g/mol. The molecule has 1 unspecified atom stereocenters. The van der Waals surface area contributed by atoms with Crippen LogP contribution in [-0.4, -0.2) is 56.3 Å². The number of rotatable bonds is 7. The molecule has 2 aromatic rings. The lowest BCUT2D eigenvalue weighted by molar-refractivity contribution is -0.135. The highest BCUT2D eigenvalue weighted by atomic mass is 16.5. The van der Waals surface area contributed by atoms with Crippen molar-refractivity contribution in [2.45, 2.75) is 39.2 Å². The van der Waals surface area contributed by atoms with Crippen LogP contribution in [0.2, 0.25) is 0 Å². The van der Waals surface area contributed by atoms with Gasteiger partial charge in [-0.3, -0.25) is 9.48 Å². The highest BCUT2D eigenvalue weighted by molar-refractivity contribution is 5.78. The van der Waals surface area contributed by atoms with E-state index in [0.717, 1.165) is 43.7 Å². The first-order valence-corrected chi connectivity index (χ1v) is 9.53. The maximum absolute atomic E-state index is 12.7. The van der Waals surface area contributed by atoms with E-state index < -0.39 is 0 Å². The van der Waals surface area contributed by atoms with E-state index in [1.807, 2.05) is 44.3 Å². The predicted octanol–water partition coefficient (Wildman–Crippen LogP) is 1.89. The van der Waals surface area contributed by atoms with Crippen molar-refractivity contribution in [1.82, 2.24) is 24.6 Å². The molecule has 1 amide bonds. The van der Waals surface area contributed by atoms with Crippen molar-refractivity contribution in [1.29, 1.82) is 0 Å². The lowest BCUT2D eigenvalue weighted by atomic mass is 9.99. The molecule has 1 saturated heterocycles. The molecular formula is C19H28N6O2. The van der Waals surface area contributed by atoms with Crippen molar-refractivity contribution in [3.63, 3.8) is 0 Å². The first kappa shape index (κ1) is 19.1. The van der Waals surface area contributed by atoms with E-state index >= 15 is 0 Å². The molecule has 2 aromatic heterocycles. The van der Waals surface area contributed by atoms with Crippen molar-refractivity contribution in [2.75, 3.05) is 25.0 Å². The average Bonchev–Trinajstić information content (AvgIpc) is 3.07. The van der Waals surface area contributed by atoms with Crippen LogP contribution in [0.1, 0.15) is 32.3 Å². The van der Waals surface area contributed by atoms with E-state index in [-0.39, 0.29) is 11.8 Å². The van der Waals surface area contributed by atoms with Crippen LogP contribution in [0.3, 0.4) is 0 Å². The van der Waals surface area contributed by atoms with Gasteiger partial charge in [-0.15, -0.1) is 0 Å². The number of hydrogen-bond acceptors (Lipinski definition) is 6. The molecule has 3 heterocycles. The normalized spacial score (nSPS) is 16.2. The summed E-state index contributed by atoms with van der Waals surface area (Å²) in [6.45, 7) is 6.02. The van der Waals surface area contributed by atoms with Crippen LogP contribution in [0.4, 0.5) is 5.82 Å². The highest BCUT2D eigenvalue weighted by Crippen LogP contribution is 2.20. The summed E-state index contributed by atoms with van der Waals surface area (Å²) in [7, 11) is 1.89. The molecule has 0 spiro atoms. The second-order valence-electron chi connectivity index (χ2n) is 7.05. The maximum Gasteiger partial charge on any atom is 0.225 e. The number of piperidine rings is 1. The van der Waals surface area contributed by atoms with Gasteiger partial charge < -0.3 is 15.0 Å². The summed E-state index contributed by atoms with van der Waals surface area (Å²) in [5.41, 5.74) is 1.10. The van der Waals surface area contributed by atoms with Gasteiger partial charge in [0.25, 0.3) is 0 Å². The second-order valence-corrected chi connectivity index (χ2v) is 7.05. The Balaban J connectivity index is 1.48. The molecule has 1 fully saturated rings. The molecule has 0 bridgehead atoms. The fourth-order valence-electron chi connectivity index (χ4n) is 3.43. The predicted molar refractivity (Wildman–Crippen MR) is 103 cm³/mol. The molecule has 27 heavy (non-hydrogen) atoms. The maximum atomic E-state index is 12.7. The lowest BCUT2D eigenvalue weighted by Crippen LogP contribution is -2.44. The van der Waals surface area contributed by atoms with E-state index in [4.69, 9.17) is 4.74 Å². The number of amides is 1. The standard InChI is InChI=1S/C19H28N6O2/c1-4-27-18-10-17(20-13-21-18)23-16-5-7-25(8-6-16)19(26)14(2)9-15-11-22-24(3)12-15/h10-14,16H,4-9H2,1-3H3,(H,20,21,23). The van der Waals surface area contributed by atoms with Crippen molar-refractivity contribution in [3.8, 4) is 5.88 Å². The molecule has 8 nitrogen and oxygen atoms in total. The molecule has 1 atom stereocenters. The van der Waals surface area contributed by atoms with Gasteiger partial charge in [0.1, 0.15) is 12.1 Å². The zero-order chi connectivity index (χ0) is 19.2. The van der Waals surface area contributed by atoms with Crippen LogP contribution in [0.15, 0.2) is 24.8 Å². The van der Waals surface area contributed by atoms with Gasteiger partial charge in [-0.1, -0.05) is 6.92 Å². The van der Waals surface area contributed by atoms with Crippen LogP contribution < -0.4 is 10.1 Å². The molecule has 1 aliphatic rings. The highest BCUT2D eigenvalue weighted by Gasteiger charge is 2.26. The van der Waals surface area contributed by atoms with Crippen LogP contribution in [-0.2, 0) is 18.3 Å². The third-order valence-electron chi connectivity index (χ3n) is 4.81. The Kier molecular flexibility index (Phi) is 6.26. The first-order chi connectivity index (χ1) is 13.0. The molecular weight excluding hydrogens is 344 g/mol.